The number of hydrogen-bond acceptors (Lipinski definition) is 3. The lowest BCUT2D eigenvalue weighted by Gasteiger charge is -2.14. The first-order valence-electron chi connectivity index (χ1n) is 5.60. The second-order valence-corrected chi connectivity index (χ2v) is 3.86. The van der Waals surface area contributed by atoms with E-state index in [1.54, 1.807) is 24.3 Å². The summed E-state index contributed by atoms with van der Waals surface area (Å²) in [5.41, 5.74) is 1.08. The first kappa shape index (κ1) is 13.7. The standard InChI is InChI=1S/C14H9F3N2O/c15-14(16,17)20-13-7-2-1-6-12(13)19-11-5-3-4-10(8-11)9-18/h1-8,19H. The summed E-state index contributed by atoms with van der Waals surface area (Å²) in [7, 11) is 0. The SMILES string of the molecule is N#Cc1cccc(Nc2ccccc2OC(F)(F)F)c1. The molecule has 102 valence electrons. The molecule has 3 nitrogen and oxygen atoms in total. The molecule has 2 rings (SSSR count). The highest BCUT2D eigenvalue weighted by Crippen LogP contribution is 2.32. The van der Waals surface area contributed by atoms with Crippen molar-refractivity contribution < 1.29 is 17.9 Å². The van der Waals surface area contributed by atoms with Crippen molar-refractivity contribution in [2.45, 2.75) is 6.36 Å². The van der Waals surface area contributed by atoms with Gasteiger partial charge in [0.05, 0.1) is 17.3 Å². The minimum absolute atomic E-state index is 0.167. The summed E-state index contributed by atoms with van der Waals surface area (Å²) in [6.07, 6.45) is -4.76. The average Bonchev–Trinajstić information content (AvgIpc) is 2.40. The average molecular weight is 278 g/mol. The van der Waals surface area contributed by atoms with Gasteiger partial charge in [-0.05, 0) is 30.3 Å². The van der Waals surface area contributed by atoms with Crippen molar-refractivity contribution in [3.05, 3.63) is 54.1 Å². The van der Waals surface area contributed by atoms with Crippen LogP contribution in [0.2, 0.25) is 0 Å². The number of anilines is 2. The zero-order valence-corrected chi connectivity index (χ0v) is 10.1. The Hall–Kier alpha value is -2.68. The molecule has 0 amide bonds. The Bertz CT molecular complexity index is 647. The van der Waals surface area contributed by atoms with E-state index in [1.165, 1.54) is 24.3 Å². The van der Waals surface area contributed by atoms with Crippen molar-refractivity contribution in [1.29, 1.82) is 5.26 Å². The van der Waals surface area contributed by atoms with E-state index in [0.29, 0.717) is 11.3 Å². The molecule has 0 saturated heterocycles. The van der Waals surface area contributed by atoms with Crippen molar-refractivity contribution in [3.63, 3.8) is 0 Å². The minimum atomic E-state index is -4.76. The van der Waals surface area contributed by atoms with E-state index >= 15 is 0 Å². The summed E-state index contributed by atoms with van der Waals surface area (Å²) >= 11 is 0. The zero-order valence-electron chi connectivity index (χ0n) is 10.1. The molecule has 2 aromatic rings. The number of para-hydroxylation sites is 2. The lowest BCUT2D eigenvalue weighted by Crippen LogP contribution is -2.17. The Labute approximate surface area is 113 Å². The quantitative estimate of drug-likeness (QED) is 0.915. The molecule has 0 saturated carbocycles. The number of nitriles is 1. The van der Waals surface area contributed by atoms with E-state index in [2.05, 4.69) is 10.1 Å². The van der Waals surface area contributed by atoms with Crippen molar-refractivity contribution in [2.75, 3.05) is 5.32 Å². The molecule has 0 aliphatic heterocycles. The molecule has 2 aromatic carbocycles. The van der Waals surface area contributed by atoms with E-state index in [4.69, 9.17) is 5.26 Å². The third kappa shape index (κ3) is 3.65. The molecule has 0 atom stereocenters. The molecule has 0 aromatic heterocycles. The lowest BCUT2D eigenvalue weighted by molar-refractivity contribution is -0.274. The van der Waals surface area contributed by atoms with Gasteiger partial charge in [0.15, 0.2) is 5.75 Å². The molecule has 0 aliphatic rings. The van der Waals surface area contributed by atoms with Gasteiger partial charge in [-0.2, -0.15) is 5.26 Å². The van der Waals surface area contributed by atoms with Crippen molar-refractivity contribution >= 4 is 11.4 Å². The van der Waals surface area contributed by atoms with Crippen LogP contribution in [0.15, 0.2) is 48.5 Å². The second kappa shape index (κ2) is 5.53. The van der Waals surface area contributed by atoms with Crippen LogP contribution in [0.1, 0.15) is 5.56 Å². The normalized spacial score (nSPS) is 10.7. The first-order chi connectivity index (χ1) is 9.48. The fourth-order valence-electron chi connectivity index (χ4n) is 1.61. The summed E-state index contributed by atoms with van der Waals surface area (Å²) in [5.74, 6) is -0.331. The third-order valence-electron chi connectivity index (χ3n) is 2.38. The molecule has 1 N–H and O–H groups in total. The van der Waals surface area contributed by atoms with Crippen LogP contribution in [0.3, 0.4) is 0 Å². The van der Waals surface area contributed by atoms with Crippen LogP contribution in [0.4, 0.5) is 24.5 Å². The van der Waals surface area contributed by atoms with Gasteiger partial charge in [-0.25, -0.2) is 0 Å². The Morgan fingerprint density at radius 1 is 1.05 bits per heavy atom. The predicted octanol–water partition coefficient (Wildman–Crippen LogP) is 4.20. The van der Waals surface area contributed by atoms with Gasteiger partial charge in [0.25, 0.3) is 0 Å². The topological polar surface area (TPSA) is 45.0 Å². The van der Waals surface area contributed by atoms with E-state index in [1.807, 2.05) is 6.07 Å². The molecule has 0 unspecified atom stereocenters. The Morgan fingerprint density at radius 3 is 2.50 bits per heavy atom. The highest BCUT2D eigenvalue weighted by molar-refractivity contribution is 5.67. The molecule has 0 heterocycles. The molecular weight excluding hydrogens is 269 g/mol. The van der Waals surface area contributed by atoms with Gasteiger partial charge in [0, 0.05) is 5.69 Å². The fourth-order valence-corrected chi connectivity index (χ4v) is 1.61. The van der Waals surface area contributed by atoms with Gasteiger partial charge in [-0.1, -0.05) is 18.2 Å². The second-order valence-electron chi connectivity index (χ2n) is 3.86. The predicted molar refractivity (Wildman–Crippen MR) is 67.6 cm³/mol. The van der Waals surface area contributed by atoms with E-state index < -0.39 is 6.36 Å². The van der Waals surface area contributed by atoms with Crippen LogP contribution in [0.5, 0.6) is 5.75 Å². The van der Waals surface area contributed by atoms with Gasteiger partial charge >= 0.3 is 6.36 Å². The summed E-state index contributed by atoms with van der Waals surface area (Å²) in [6, 6.07) is 14.1. The van der Waals surface area contributed by atoms with E-state index in [0.717, 1.165) is 0 Å². The number of ether oxygens (including phenoxy) is 1. The van der Waals surface area contributed by atoms with Crippen LogP contribution in [-0.2, 0) is 0 Å². The number of halogens is 3. The molecule has 0 bridgehead atoms. The Kier molecular flexibility index (Phi) is 3.80. The molecule has 20 heavy (non-hydrogen) atoms. The van der Waals surface area contributed by atoms with Crippen LogP contribution in [0.25, 0.3) is 0 Å². The van der Waals surface area contributed by atoms with Crippen LogP contribution >= 0.6 is 0 Å². The maximum Gasteiger partial charge on any atom is 0.573 e. The number of hydrogen-bond donors (Lipinski definition) is 1. The molecular formula is C14H9F3N2O. The van der Waals surface area contributed by atoms with Gasteiger partial charge in [0.2, 0.25) is 0 Å². The summed E-state index contributed by atoms with van der Waals surface area (Å²) in [6.45, 7) is 0. The highest BCUT2D eigenvalue weighted by atomic mass is 19.4. The van der Waals surface area contributed by atoms with Crippen LogP contribution in [0, 0.1) is 11.3 Å². The highest BCUT2D eigenvalue weighted by Gasteiger charge is 2.32. The summed E-state index contributed by atoms with van der Waals surface area (Å²) < 4.78 is 40.8. The number of nitrogens with zero attached hydrogens (tertiary/aromatic N) is 1. The fraction of sp³-hybridized carbons (Fsp3) is 0.0714. The number of nitrogens with one attached hydrogen (secondary N) is 1. The van der Waals surface area contributed by atoms with E-state index in [-0.39, 0.29) is 11.4 Å². The van der Waals surface area contributed by atoms with Gasteiger partial charge in [-0.15, -0.1) is 13.2 Å². The first-order valence-corrected chi connectivity index (χ1v) is 5.60. The van der Waals surface area contributed by atoms with Crippen LogP contribution in [-0.4, -0.2) is 6.36 Å². The molecule has 6 heteroatoms. The van der Waals surface area contributed by atoms with Crippen LogP contribution < -0.4 is 10.1 Å². The molecule has 0 aliphatic carbocycles. The molecule has 0 radical (unpaired) electrons. The summed E-state index contributed by atoms with van der Waals surface area (Å²) in [5, 5.41) is 11.6. The number of rotatable bonds is 3. The minimum Gasteiger partial charge on any atom is -0.404 e. The summed E-state index contributed by atoms with van der Waals surface area (Å²) in [4.78, 5) is 0. The van der Waals surface area contributed by atoms with E-state index in [9.17, 15) is 13.2 Å². The smallest absolute Gasteiger partial charge is 0.404 e. The third-order valence-corrected chi connectivity index (χ3v) is 2.38. The van der Waals surface area contributed by atoms with Gasteiger partial charge < -0.3 is 10.1 Å². The molecule has 0 spiro atoms. The Morgan fingerprint density at radius 2 is 1.80 bits per heavy atom. The number of alkyl halides is 3. The van der Waals surface area contributed by atoms with Gasteiger partial charge in [0.1, 0.15) is 0 Å². The van der Waals surface area contributed by atoms with Crippen molar-refractivity contribution in [3.8, 4) is 11.8 Å². The largest absolute Gasteiger partial charge is 0.573 e. The lowest BCUT2D eigenvalue weighted by atomic mass is 10.2. The molecule has 0 fully saturated rings. The number of benzene rings is 2. The maximum absolute atomic E-state index is 12.3. The van der Waals surface area contributed by atoms with Gasteiger partial charge in [-0.3, -0.25) is 0 Å². The monoisotopic (exact) mass is 278 g/mol. The Balaban J connectivity index is 2.27. The zero-order chi connectivity index (χ0) is 14.6. The van der Waals surface area contributed by atoms with Crippen molar-refractivity contribution in [2.24, 2.45) is 0 Å². The van der Waals surface area contributed by atoms with Crippen molar-refractivity contribution in [1.82, 2.24) is 0 Å². The maximum atomic E-state index is 12.3.